The number of carbonyl (C=O) groups is 2. The third kappa shape index (κ3) is 3.70. The number of fused-ring (bicyclic) bond motifs is 2. The molecule has 3 aliphatic rings. The Kier molecular flexibility index (Phi) is 5.28. The SMILES string of the molecule is C[C@@H]1CN(C(=O)c2ccc3c(c2)OCCO3)[C@@H](C)CN1C(=O)c1ccc2c(c1)OCCO2. The average Bonchev–Trinajstić information content (AvgIpc) is 2.83. The Morgan fingerprint density at radius 1 is 0.656 bits per heavy atom. The minimum absolute atomic E-state index is 0.0762. The van der Waals surface area contributed by atoms with Crippen molar-refractivity contribution in [1.29, 1.82) is 0 Å². The molecule has 8 nitrogen and oxygen atoms in total. The fraction of sp³-hybridized carbons (Fsp3) is 0.417. The lowest BCUT2D eigenvalue weighted by Gasteiger charge is -2.44. The Balaban J connectivity index is 1.31. The maximum absolute atomic E-state index is 13.2. The molecule has 2 atom stereocenters. The number of hydrogen-bond acceptors (Lipinski definition) is 6. The third-order valence-electron chi connectivity index (χ3n) is 6.09. The second kappa shape index (κ2) is 8.26. The van der Waals surface area contributed by atoms with Crippen LogP contribution in [0.25, 0.3) is 0 Å². The van der Waals surface area contributed by atoms with Crippen LogP contribution in [0, 0.1) is 0 Å². The van der Waals surface area contributed by atoms with Crippen molar-refractivity contribution in [3.8, 4) is 23.0 Å². The first-order valence-electron chi connectivity index (χ1n) is 10.9. The van der Waals surface area contributed by atoms with E-state index in [2.05, 4.69) is 0 Å². The van der Waals surface area contributed by atoms with Crippen molar-refractivity contribution in [1.82, 2.24) is 9.80 Å². The van der Waals surface area contributed by atoms with E-state index in [-0.39, 0.29) is 23.9 Å². The minimum atomic E-state index is -0.131. The molecule has 5 rings (SSSR count). The van der Waals surface area contributed by atoms with Crippen molar-refractivity contribution in [3.63, 3.8) is 0 Å². The van der Waals surface area contributed by atoms with E-state index < -0.39 is 0 Å². The van der Waals surface area contributed by atoms with E-state index in [4.69, 9.17) is 18.9 Å². The first-order chi connectivity index (χ1) is 15.5. The number of amides is 2. The van der Waals surface area contributed by atoms with Crippen molar-refractivity contribution < 1.29 is 28.5 Å². The topological polar surface area (TPSA) is 77.5 Å². The average molecular weight is 438 g/mol. The summed E-state index contributed by atoms with van der Waals surface area (Å²) in [5.74, 6) is 2.35. The van der Waals surface area contributed by atoms with Gasteiger partial charge < -0.3 is 28.7 Å². The predicted octanol–water partition coefficient (Wildman–Crippen LogP) is 2.60. The molecule has 0 aromatic heterocycles. The summed E-state index contributed by atoms with van der Waals surface area (Å²) in [7, 11) is 0. The lowest BCUT2D eigenvalue weighted by Crippen LogP contribution is -2.59. The van der Waals surface area contributed by atoms with Gasteiger partial charge in [0.2, 0.25) is 0 Å². The number of nitrogens with zero attached hydrogens (tertiary/aromatic N) is 2. The maximum Gasteiger partial charge on any atom is 0.254 e. The van der Waals surface area contributed by atoms with Gasteiger partial charge in [-0.1, -0.05) is 0 Å². The van der Waals surface area contributed by atoms with Crippen LogP contribution in [0.2, 0.25) is 0 Å². The number of rotatable bonds is 2. The summed E-state index contributed by atoms with van der Waals surface area (Å²) in [6.07, 6.45) is 0. The quantitative estimate of drug-likeness (QED) is 0.717. The van der Waals surface area contributed by atoms with Gasteiger partial charge in [0.25, 0.3) is 11.8 Å². The number of carbonyl (C=O) groups excluding carboxylic acids is 2. The van der Waals surface area contributed by atoms with Crippen LogP contribution in [-0.2, 0) is 0 Å². The highest BCUT2D eigenvalue weighted by Gasteiger charge is 2.35. The van der Waals surface area contributed by atoms with Crippen molar-refractivity contribution in [2.45, 2.75) is 25.9 Å². The Morgan fingerprint density at radius 3 is 1.44 bits per heavy atom. The summed E-state index contributed by atoms with van der Waals surface area (Å²) in [5.41, 5.74) is 1.11. The molecule has 3 aliphatic heterocycles. The van der Waals surface area contributed by atoms with Crippen LogP contribution in [-0.4, -0.2) is 73.2 Å². The molecule has 2 aromatic carbocycles. The van der Waals surface area contributed by atoms with Gasteiger partial charge in [-0.2, -0.15) is 0 Å². The first-order valence-corrected chi connectivity index (χ1v) is 10.9. The van der Waals surface area contributed by atoms with Crippen LogP contribution in [0.1, 0.15) is 34.6 Å². The fourth-order valence-electron chi connectivity index (χ4n) is 4.38. The van der Waals surface area contributed by atoms with Gasteiger partial charge in [0, 0.05) is 36.3 Å². The van der Waals surface area contributed by atoms with Gasteiger partial charge in [-0.15, -0.1) is 0 Å². The zero-order valence-electron chi connectivity index (χ0n) is 18.2. The highest BCUT2D eigenvalue weighted by atomic mass is 16.6. The lowest BCUT2D eigenvalue weighted by molar-refractivity contribution is 0.0269. The zero-order chi connectivity index (χ0) is 22.2. The number of ether oxygens (including phenoxy) is 4. The van der Waals surface area contributed by atoms with E-state index >= 15 is 0 Å². The number of hydrogen-bond donors (Lipinski definition) is 0. The van der Waals surface area contributed by atoms with E-state index in [1.807, 2.05) is 23.6 Å². The molecular formula is C24H26N2O6. The summed E-state index contributed by atoms with van der Waals surface area (Å²) in [6.45, 7) is 6.78. The van der Waals surface area contributed by atoms with Crippen molar-refractivity contribution in [3.05, 3.63) is 47.5 Å². The molecule has 2 aromatic rings. The molecule has 0 saturated carbocycles. The van der Waals surface area contributed by atoms with E-state index in [9.17, 15) is 9.59 Å². The second-order valence-corrected chi connectivity index (χ2v) is 8.33. The van der Waals surface area contributed by atoms with Gasteiger partial charge in [-0.3, -0.25) is 9.59 Å². The van der Waals surface area contributed by atoms with Gasteiger partial charge in [-0.05, 0) is 50.2 Å². The minimum Gasteiger partial charge on any atom is -0.486 e. The van der Waals surface area contributed by atoms with Gasteiger partial charge in [0.1, 0.15) is 26.4 Å². The van der Waals surface area contributed by atoms with E-state index in [1.165, 1.54) is 0 Å². The van der Waals surface area contributed by atoms with Crippen molar-refractivity contribution in [2.75, 3.05) is 39.5 Å². The van der Waals surface area contributed by atoms with Gasteiger partial charge in [0.15, 0.2) is 23.0 Å². The third-order valence-corrected chi connectivity index (χ3v) is 6.09. The monoisotopic (exact) mass is 438 g/mol. The molecule has 168 valence electrons. The Hall–Kier alpha value is -3.42. The maximum atomic E-state index is 13.2. The molecule has 0 radical (unpaired) electrons. The highest BCUT2D eigenvalue weighted by Crippen LogP contribution is 2.33. The molecule has 0 N–H and O–H groups in total. The molecule has 0 spiro atoms. The van der Waals surface area contributed by atoms with E-state index in [0.29, 0.717) is 73.6 Å². The van der Waals surface area contributed by atoms with Gasteiger partial charge >= 0.3 is 0 Å². The van der Waals surface area contributed by atoms with Crippen LogP contribution in [0.15, 0.2) is 36.4 Å². The summed E-state index contributed by atoms with van der Waals surface area (Å²) in [6, 6.07) is 10.3. The largest absolute Gasteiger partial charge is 0.486 e. The molecule has 0 bridgehead atoms. The fourth-order valence-corrected chi connectivity index (χ4v) is 4.38. The van der Waals surface area contributed by atoms with Crippen LogP contribution in [0.5, 0.6) is 23.0 Å². The predicted molar refractivity (Wildman–Crippen MR) is 116 cm³/mol. The van der Waals surface area contributed by atoms with Gasteiger partial charge in [-0.25, -0.2) is 0 Å². The molecule has 32 heavy (non-hydrogen) atoms. The van der Waals surface area contributed by atoms with Crippen LogP contribution in [0.3, 0.4) is 0 Å². The van der Waals surface area contributed by atoms with Crippen LogP contribution >= 0.6 is 0 Å². The first kappa shape index (κ1) is 20.5. The Labute approximate surface area is 186 Å². The Bertz CT molecular complexity index is 971. The molecule has 1 fully saturated rings. The summed E-state index contributed by atoms with van der Waals surface area (Å²) in [5, 5.41) is 0. The molecule has 0 aliphatic carbocycles. The van der Waals surface area contributed by atoms with E-state index in [0.717, 1.165) is 0 Å². The molecule has 3 heterocycles. The summed E-state index contributed by atoms with van der Waals surface area (Å²) in [4.78, 5) is 30.1. The standard InChI is InChI=1S/C24H26N2O6/c1-15-13-26(24(28)18-4-6-20-22(12-18)32-10-8-30-20)16(2)14-25(15)23(27)17-3-5-19-21(11-17)31-9-7-29-19/h3-6,11-12,15-16H,7-10,13-14H2,1-2H3/t15-,16+. The molecule has 0 unspecified atom stereocenters. The molecular weight excluding hydrogens is 412 g/mol. The lowest BCUT2D eigenvalue weighted by atomic mass is 10.0. The van der Waals surface area contributed by atoms with E-state index in [1.54, 1.807) is 36.4 Å². The van der Waals surface area contributed by atoms with Crippen LogP contribution < -0.4 is 18.9 Å². The summed E-state index contributed by atoms with van der Waals surface area (Å²) < 4.78 is 22.3. The van der Waals surface area contributed by atoms with Crippen LogP contribution in [0.4, 0.5) is 0 Å². The summed E-state index contributed by atoms with van der Waals surface area (Å²) >= 11 is 0. The second-order valence-electron chi connectivity index (χ2n) is 8.33. The smallest absolute Gasteiger partial charge is 0.254 e. The van der Waals surface area contributed by atoms with Crippen molar-refractivity contribution >= 4 is 11.8 Å². The zero-order valence-corrected chi connectivity index (χ0v) is 18.2. The number of benzene rings is 2. The molecule has 2 amide bonds. The molecule has 1 saturated heterocycles. The van der Waals surface area contributed by atoms with Gasteiger partial charge in [0.05, 0.1) is 0 Å². The van der Waals surface area contributed by atoms with Crippen molar-refractivity contribution in [2.24, 2.45) is 0 Å². The molecule has 8 heteroatoms. The number of piperazine rings is 1. The Morgan fingerprint density at radius 2 is 1.03 bits per heavy atom. The highest BCUT2D eigenvalue weighted by molar-refractivity contribution is 5.97. The normalized spacial score (nSPS) is 21.8.